The van der Waals surface area contributed by atoms with E-state index in [9.17, 15) is 5.11 Å². The average molecular weight is 154 g/mol. The summed E-state index contributed by atoms with van der Waals surface area (Å²) in [7, 11) is 0. The van der Waals surface area contributed by atoms with Crippen LogP contribution in [-0.2, 0) is 0 Å². The molecule has 1 N–H and O–H groups in total. The van der Waals surface area contributed by atoms with Gasteiger partial charge < -0.3 is 5.11 Å². The number of aliphatic hydroxyl groups excluding tert-OH is 1. The summed E-state index contributed by atoms with van der Waals surface area (Å²) in [6, 6.07) is 0. The highest BCUT2D eigenvalue weighted by atomic mass is 16.3. The van der Waals surface area contributed by atoms with Crippen LogP contribution < -0.4 is 0 Å². The van der Waals surface area contributed by atoms with E-state index in [1.165, 1.54) is 32.1 Å². The summed E-state index contributed by atoms with van der Waals surface area (Å²) in [6.45, 7) is 2.20. The molecule has 0 aliphatic heterocycles. The topological polar surface area (TPSA) is 20.2 Å². The van der Waals surface area contributed by atoms with Crippen LogP contribution in [0.3, 0.4) is 0 Å². The zero-order chi connectivity index (χ0) is 7.84. The van der Waals surface area contributed by atoms with Crippen molar-refractivity contribution in [2.75, 3.05) is 0 Å². The second-order valence-electron chi connectivity index (χ2n) is 4.50. The van der Waals surface area contributed by atoms with Crippen LogP contribution in [0.25, 0.3) is 0 Å². The Morgan fingerprint density at radius 3 is 2.82 bits per heavy atom. The lowest BCUT2D eigenvalue weighted by molar-refractivity contribution is -0.0186. The van der Waals surface area contributed by atoms with Gasteiger partial charge in [-0.1, -0.05) is 19.8 Å². The first-order valence-corrected chi connectivity index (χ1v) is 4.95. The fourth-order valence-electron chi connectivity index (χ4n) is 2.99. The van der Waals surface area contributed by atoms with Crippen molar-refractivity contribution in [3.8, 4) is 0 Å². The van der Waals surface area contributed by atoms with Crippen LogP contribution in [0.2, 0.25) is 0 Å². The predicted octanol–water partition coefficient (Wildman–Crippen LogP) is 2.19. The zero-order valence-electron chi connectivity index (χ0n) is 7.29. The van der Waals surface area contributed by atoms with Crippen molar-refractivity contribution < 1.29 is 5.11 Å². The molecule has 0 aromatic heterocycles. The van der Waals surface area contributed by atoms with Gasteiger partial charge in [-0.05, 0) is 37.0 Å². The molecule has 11 heavy (non-hydrogen) atoms. The van der Waals surface area contributed by atoms with Gasteiger partial charge >= 0.3 is 0 Å². The molecule has 2 saturated carbocycles. The molecule has 4 atom stereocenters. The summed E-state index contributed by atoms with van der Waals surface area (Å²) in [5.41, 5.74) is 0. The highest BCUT2D eigenvalue weighted by Crippen LogP contribution is 2.42. The van der Waals surface area contributed by atoms with Crippen LogP contribution >= 0.6 is 0 Å². The van der Waals surface area contributed by atoms with E-state index in [1.807, 2.05) is 0 Å². The second kappa shape index (κ2) is 2.78. The number of fused-ring (bicyclic) bond motifs is 2. The summed E-state index contributed by atoms with van der Waals surface area (Å²) in [5.74, 6) is 2.17. The summed E-state index contributed by atoms with van der Waals surface area (Å²) in [5, 5.41) is 9.79. The Kier molecular flexibility index (Phi) is 1.92. The molecule has 2 aliphatic carbocycles. The molecule has 3 unspecified atom stereocenters. The van der Waals surface area contributed by atoms with E-state index in [0.717, 1.165) is 5.92 Å². The Morgan fingerprint density at radius 1 is 1.18 bits per heavy atom. The first kappa shape index (κ1) is 7.60. The maximum absolute atomic E-state index is 9.79. The third kappa shape index (κ3) is 1.31. The molecule has 0 spiro atoms. The normalized spacial score (nSPS) is 50.7. The van der Waals surface area contributed by atoms with E-state index in [1.54, 1.807) is 0 Å². The lowest BCUT2D eigenvalue weighted by Gasteiger charge is -2.41. The van der Waals surface area contributed by atoms with Crippen LogP contribution in [0.15, 0.2) is 0 Å². The average Bonchev–Trinajstić information content (AvgIpc) is 2.01. The van der Waals surface area contributed by atoms with Crippen molar-refractivity contribution in [2.24, 2.45) is 17.8 Å². The van der Waals surface area contributed by atoms with E-state index < -0.39 is 0 Å². The molecule has 64 valence electrons. The van der Waals surface area contributed by atoms with Crippen molar-refractivity contribution in [1.82, 2.24) is 0 Å². The quantitative estimate of drug-likeness (QED) is 0.567. The van der Waals surface area contributed by atoms with Crippen LogP contribution in [0.5, 0.6) is 0 Å². The fraction of sp³-hybridized carbons (Fsp3) is 1.00. The smallest absolute Gasteiger partial charge is 0.0594 e. The lowest BCUT2D eigenvalue weighted by Crippen LogP contribution is -2.38. The van der Waals surface area contributed by atoms with E-state index >= 15 is 0 Å². The first-order chi connectivity index (χ1) is 5.27. The minimum absolute atomic E-state index is 0.0200. The molecule has 0 heterocycles. The highest BCUT2D eigenvalue weighted by molar-refractivity contribution is 4.87. The summed E-state index contributed by atoms with van der Waals surface area (Å²) in [6.07, 6.45) is 6.67. The fourth-order valence-corrected chi connectivity index (χ4v) is 2.99. The minimum atomic E-state index is 0.0200. The van der Waals surface area contributed by atoms with E-state index in [2.05, 4.69) is 6.92 Å². The van der Waals surface area contributed by atoms with Gasteiger partial charge in [0.25, 0.3) is 0 Å². The Balaban J connectivity index is 2.05. The zero-order valence-corrected chi connectivity index (χ0v) is 7.29. The Bertz CT molecular complexity index is 142. The summed E-state index contributed by atoms with van der Waals surface area (Å²) >= 11 is 0. The van der Waals surface area contributed by atoms with Crippen LogP contribution in [-0.4, -0.2) is 11.2 Å². The van der Waals surface area contributed by atoms with E-state index in [4.69, 9.17) is 0 Å². The van der Waals surface area contributed by atoms with Gasteiger partial charge in [-0.25, -0.2) is 0 Å². The largest absolute Gasteiger partial charge is 0.393 e. The summed E-state index contributed by atoms with van der Waals surface area (Å²) in [4.78, 5) is 0. The minimum Gasteiger partial charge on any atom is -0.393 e. The van der Waals surface area contributed by atoms with Crippen molar-refractivity contribution in [3.05, 3.63) is 0 Å². The Morgan fingerprint density at radius 2 is 2.00 bits per heavy atom. The molecule has 1 heteroatoms. The number of aliphatic hydroxyl groups is 1. The maximum atomic E-state index is 9.79. The third-order valence-corrected chi connectivity index (χ3v) is 3.59. The van der Waals surface area contributed by atoms with Crippen LogP contribution in [0, 0.1) is 17.8 Å². The molecule has 2 rings (SSSR count). The van der Waals surface area contributed by atoms with Crippen molar-refractivity contribution in [1.29, 1.82) is 0 Å². The van der Waals surface area contributed by atoms with Gasteiger partial charge in [0, 0.05) is 0 Å². The van der Waals surface area contributed by atoms with Crippen molar-refractivity contribution in [3.63, 3.8) is 0 Å². The molecule has 0 radical (unpaired) electrons. The van der Waals surface area contributed by atoms with Gasteiger partial charge in [0.1, 0.15) is 0 Å². The Hall–Kier alpha value is -0.0400. The summed E-state index contributed by atoms with van der Waals surface area (Å²) < 4.78 is 0. The van der Waals surface area contributed by atoms with Gasteiger partial charge in [-0.2, -0.15) is 0 Å². The van der Waals surface area contributed by atoms with E-state index in [0.29, 0.717) is 11.8 Å². The number of hydrogen-bond acceptors (Lipinski definition) is 1. The number of rotatable bonds is 0. The van der Waals surface area contributed by atoms with E-state index in [-0.39, 0.29) is 6.10 Å². The van der Waals surface area contributed by atoms with Gasteiger partial charge in [0.2, 0.25) is 0 Å². The van der Waals surface area contributed by atoms with Crippen molar-refractivity contribution in [2.45, 2.75) is 45.1 Å². The standard InChI is InChI=1S/C10H18O/c1-7-5-8-3-2-4-9(6-8)10(7)11/h7-11H,2-6H2,1H3/t7-,8?,9?,10?/m1/s1. The molecule has 2 fully saturated rings. The molecular weight excluding hydrogens is 136 g/mol. The monoisotopic (exact) mass is 154 g/mol. The molecular formula is C10H18O. The third-order valence-electron chi connectivity index (χ3n) is 3.59. The molecule has 2 aliphatic rings. The lowest BCUT2D eigenvalue weighted by atomic mass is 9.67. The van der Waals surface area contributed by atoms with Crippen molar-refractivity contribution >= 4 is 0 Å². The molecule has 0 amide bonds. The van der Waals surface area contributed by atoms with Gasteiger partial charge in [0.05, 0.1) is 6.10 Å². The first-order valence-electron chi connectivity index (χ1n) is 4.95. The van der Waals surface area contributed by atoms with Crippen LogP contribution in [0.4, 0.5) is 0 Å². The Labute approximate surface area is 68.8 Å². The predicted molar refractivity (Wildman–Crippen MR) is 45.2 cm³/mol. The molecule has 1 nitrogen and oxygen atoms in total. The van der Waals surface area contributed by atoms with Crippen LogP contribution in [0.1, 0.15) is 39.0 Å². The van der Waals surface area contributed by atoms with Gasteiger partial charge in [-0.3, -0.25) is 0 Å². The SMILES string of the molecule is C[C@@H]1CC2CCCC(C2)C1O. The molecule has 2 bridgehead atoms. The molecule has 0 aromatic rings. The maximum Gasteiger partial charge on any atom is 0.0594 e. The molecule has 0 saturated heterocycles. The van der Waals surface area contributed by atoms with Gasteiger partial charge in [0.15, 0.2) is 0 Å². The number of hydrogen-bond donors (Lipinski definition) is 1. The molecule has 0 aromatic carbocycles. The highest BCUT2D eigenvalue weighted by Gasteiger charge is 2.36. The second-order valence-corrected chi connectivity index (χ2v) is 4.50. The van der Waals surface area contributed by atoms with Gasteiger partial charge in [-0.15, -0.1) is 0 Å².